The van der Waals surface area contributed by atoms with Crippen molar-refractivity contribution in [1.82, 2.24) is 10.2 Å². The van der Waals surface area contributed by atoms with Crippen molar-refractivity contribution in [1.29, 1.82) is 0 Å². The molecule has 0 aliphatic heterocycles. The predicted molar refractivity (Wildman–Crippen MR) is 149 cm³/mol. The molecule has 0 aliphatic rings. The Morgan fingerprint density at radius 1 is 1.05 bits per heavy atom. The number of ether oxygens (including phenoxy) is 2. The minimum absolute atomic E-state index is 0.00731. The van der Waals surface area contributed by atoms with Gasteiger partial charge in [0.25, 0.3) is 5.91 Å². The first-order chi connectivity index (χ1) is 18.7. The molecule has 3 aromatic rings. The van der Waals surface area contributed by atoms with Gasteiger partial charge in [-0.15, -0.1) is 0 Å². The first kappa shape index (κ1) is 29.4. The van der Waals surface area contributed by atoms with E-state index in [9.17, 15) is 19.7 Å². The number of nitrogens with zero attached hydrogens (tertiary/aromatic N) is 2. The molecule has 0 fully saturated rings. The van der Waals surface area contributed by atoms with Crippen LogP contribution < -0.4 is 14.8 Å². The number of benzene rings is 3. The molecule has 0 spiro atoms. The van der Waals surface area contributed by atoms with Gasteiger partial charge in [0, 0.05) is 36.7 Å². The Morgan fingerprint density at radius 2 is 1.74 bits per heavy atom. The average Bonchev–Trinajstić information content (AvgIpc) is 2.93. The second-order valence-electron chi connectivity index (χ2n) is 9.34. The van der Waals surface area contributed by atoms with Gasteiger partial charge < -0.3 is 19.7 Å². The molecule has 0 heterocycles. The van der Waals surface area contributed by atoms with E-state index in [2.05, 4.69) is 5.32 Å². The van der Waals surface area contributed by atoms with E-state index in [1.54, 1.807) is 18.2 Å². The summed E-state index contributed by atoms with van der Waals surface area (Å²) in [4.78, 5) is 39.3. The van der Waals surface area contributed by atoms with E-state index >= 15 is 0 Å². The summed E-state index contributed by atoms with van der Waals surface area (Å²) >= 11 is 6.43. The smallest absolute Gasteiger partial charge is 0.311 e. The number of hydrogen-bond donors (Lipinski definition) is 1. The lowest BCUT2D eigenvalue weighted by Gasteiger charge is -2.32. The highest BCUT2D eigenvalue weighted by molar-refractivity contribution is 6.31. The zero-order chi connectivity index (χ0) is 28.4. The first-order valence-corrected chi connectivity index (χ1v) is 12.9. The third-order valence-corrected chi connectivity index (χ3v) is 6.33. The summed E-state index contributed by atoms with van der Waals surface area (Å²) in [6.45, 7) is 4.11. The third-order valence-electron chi connectivity index (χ3n) is 5.96. The highest BCUT2D eigenvalue weighted by atomic mass is 35.5. The lowest BCUT2D eigenvalue weighted by molar-refractivity contribution is -0.385. The van der Waals surface area contributed by atoms with E-state index in [-0.39, 0.29) is 42.0 Å². The zero-order valence-corrected chi connectivity index (χ0v) is 22.9. The van der Waals surface area contributed by atoms with E-state index < -0.39 is 23.5 Å². The first-order valence-electron chi connectivity index (χ1n) is 12.5. The van der Waals surface area contributed by atoms with Gasteiger partial charge in [0.05, 0.1) is 12.0 Å². The van der Waals surface area contributed by atoms with Gasteiger partial charge in [-0.05, 0) is 29.2 Å². The van der Waals surface area contributed by atoms with Crippen LogP contribution >= 0.6 is 11.6 Å². The number of nitrogens with one attached hydrogen (secondary N) is 1. The van der Waals surface area contributed by atoms with Crippen LogP contribution in [0, 0.1) is 16.0 Å². The molecular weight excluding hydrogens is 522 g/mol. The molecule has 3 rings (SSSR count). The molecule has 0 aliphatic carbocycles. The van der Waals surface area contributed by atoms with Gasteiger partial charge in [-0.1, -0.05) is 74.0 Å². The Balaban J connectivity index is 1.92. The van der Waals surface area contributed by atoms with Crippen molar-refractivity contribution in [2.24, 2.45) is 5.92 Å². The van der Waals surface area contributed by atoms with Crippen LogP contribution in [-0.2, 0) is 22.6 Å². The second kappa shape index (κ2) is 14.2. The molecule has 1 N–H and O–H groups in total. The number of carbonyl (C=O) groups is 2. The van der Waals surface area contributed by atoms with Crippen LogP contribution in [0.5, 0.6) is 11.5 Å². The molecule has 2 amide bonds. The highest BCUT2D eigenvalue weighted by Gasteiger charge is 2.31. The largest absolute Gasteiger partial charge is 0.490 e. The van der Waals surface area contributed by atoms with E-state index in [0.29, 0.717) is 17.1 Å². The van der Waals surface area contributed by atoms with Gasteiger partial charge in [-0.2, -0.15) is 0 Å². The average molecular weight is 554 g/mol. The fourth-order valence-corrected chi connectivity index (χ4v) is 4.11. The number of carbonyl (C=O) groups excluding carboxylic acids is 2. The molecule has 9 nitrogen and oxygen atoms in total. The Kier molecular flexibility index (Phi) is 10.7. The molecule has 206 valence electrons. The maximum atomic E-state index is 13.7. The standard InChI is InChI=1S/C29H32ClN3O6/c1-20(2)17-31-29(35)26(15-21-9-5-4-6-10-21)32(18-22-11-7-8-12-24(22)30)28(34)19-39-23-13-14-25(33(36)37)27(16-23)38-3/h4-14,16,20,26H,15,17-19H2,1-3H3,(H,31,35)/t26-/m1/s1. The van der Waals surface area contributed by atoms with Crippen LogP contribution in [-0.4, -0.2) is 47.9 Å². The van der Waals surface area contributed by atoms with Gasteiger partial charge in [-0.3, -0.25) is 19.7 Å². The van der Waals surface area contributed by atoms with Gasteiger partial charge >= 0.3 is 5.69 Å². The maximum Gasteiger partial charge on any atom is 0.311 e. The molecule has 0 saturated carbocycles. The summed E-state index contributed by atoms with van der Waals surface area (Å²) in [6.07, 6.45) is 0.284. The summed E-state index contributed by atoms with van der Waals surface area (Å²) in [5, 5.41) is 14.6. The molecule has 0 unspecified atom stereocenters. The normalized spacial score (nSPS) is 11.5. The summed E-state index contributed by atoms with van der Waals surface area (Å²) in [5.74, 6) is -0.294. The Bertz CT molecular complexity index is 1290. The van der Waals surface area contributed by atoms with Crippen LogP contribution in [0.2, 0.25) is 5.02 Å². The minimum Gasteiger partial charge on any atom is -0.490 e. The van der Waals surface area contributed by atoms with E-state index in [0.717, 1.165) is 5.56 Å². The van der Waals surface area contributed by atoms with Crippen LogP contribution in [0.25, 0.3) is 0 Å². The Hall–Kier alpha value is -4.11. The lowest BCUT2D eigenvalue weighted by atomic mass is 10.0. The number of halogens is 1. The summed E-state index contributed by atoms with van der Waals surface area (Å²) < 4.78 is 10.8. The fraction of sp³-hybridized carbons (Fsp3) is 0.310. The predicted octanol–water partition coefficient (Wildman–Crippen LogP) is 5.05. The molecule has 10 heteroatoms. The van der Waals surface area contributed by atoms with Crippen molar-refractivity contribution in [3.8, 4) is 11.5 Å². The highest BCUT2D eigenvalue weighted by Crippen LogP contribution is 2.31. The van der Waals surface area contributed by atoms with Gasteiger partial charge in [0.15, 0.2) is 6.61 Å². The van der Waals surface area contributed by atoms with E-state index in [4.69, 9.17) is 21.1 Å². The molecule has 0 bridgehead atoms. The summed E-state index contributed by atoms with van der Waals surface area (Å²) in [7, 11) is 1.31. The van der Waals surface area contributed by atoms with Crippen LogP contribution in [0.4, 0.5) is 5.69 Å². The number of methoxy groups -OCH3 is 1. The number of nitro groups is 1. The zero-order valence-electron chi connectivity index (χ0n) is 22.1. The van der Waals surface area contributed by atoms with Gasteiger partial charge in [-0.25, -0.2) is 0 Å². The molecule has 39 heavy (non-hydrogen) atoms. The van der Waals surface area contributed by atoms with Crippen molar-refractivity contribution in [3.05, 3.63) is 99.1 Å². The van der Waals surface area contributed by atoms with Crippen molar-refractivity contribution < 1.29 is 24.0 Å². The Morgan fingerprint density at radius 3 is 2.38 bits per heavy atom. The number of rotatable bonds is 13. The van der Waals surface area contributed by atoms with Crippen LogP contribution in [0.15, 0.2) is 72.8 Å². The second-order valence-corrected chi connectivity index (χ2v) is 9.74. The maximum absolute atomic E-state index is 13.7. The summed E-state index contributed by atoms with van der Waals surface area (Å²) in [5.41, 5.74) is 1.35. The topological polar surface area (TPSA) is 111 Å². The lowest BCUT2D eigenvalue weighted by Crippen LogP contribution is -2.52. The van der Waals surface area contributed by atoms with E-state index in [1.807, 2.05) is 50.2 Å². The molecule has 3 aromatic carbocycles. The quantitative estimate of drug-likeness (QED) is 0.234. The van der Waals surface area contributed by atoms with Crippen LogP contribution in [0.1, 0.15) is 25.0 Å². The monoisotopic (exact) mass is 553 g/mol. The van der Waals surface area contributed by atoms with E-state index in [1.165, 1.54) is 30.2 Å². The van der Waals surface area contributed by atoms with Crippen LogP contribution in [0.3, 0.4) is 0 Å². The molecular formula is C29H32ClN3O6. The number of hydrogen-bond acceptors (Lipinski definition) is 6. The Labute approximate surface area is 232 Å². The van der Waals surface area contributed by atoms with Gasteiger partial charge in [0.2, 0.25) is 11.7 Å². The fourth-order valence-electron chi connectivity index (χ4n) is 3.91. The van der Waals surface area contributed by atoms with Crippen molar-refractivity contribution in [3.63, 3.8) is 0 Å². The minimum atomic E-state index is -0.843. The number of nitro benzene ring substituents is 1. The molecule has 0 radical (unpaired) electrons. The molecule has 1 atom stereocenters. The third kappa shape index (κ3) is 8.44. The molecule has 0 saturated heterocycles. The molecule has 0 aromatic heterocycles. The van der Waals surface area contributed by atoms with Crippen molar-refractivity contribution in [2.45, 2.75) is 32.9 Å². The van der Waals surface area contributed by atoms with Crippen molar-refractivity contribution >= 4 is 29.1 Å². The SMILES string of the molecule is COc1cc(OCC(=O)N(Cc2ccccc2Cl)[C@H](Cc2ccccc2)C(=O)NCC(C)C)ccc1[N+](=O)[O-]. The van der Waals surface area contributed by atoms with Gasteiger partial charge in [0.1, 0.15) is 11.8 Å². The summed E-state index contributed by atoms with van der Waals surface area (Å²) in [6, 6.07) is 19.7. The number of amides is 2. The van der Waals surface area contributed by atoms with Crippen molar-refractivity contribution in [2.75, 3.05) is 20.3 Å².